The molecule has 0 bridgehead atoms. The first-order valence-electron chi connectivity index (χ1n) is 14.3. The molecule has 1 fully saturated rings. The zero-order valence-electron chi connectivity index (χ0n) is 26.2. The number of phenols is 1. The first-order chi connectivity index (χ1) is 21.6. The Bertz CT molecular complexity index is 1340. The first-order valence-corrected chi connectivity index (χ1v) is 15.3. The molecular weight excluding hydrogens is 615 g/mol. The van der Waals surface area contributed by atoms with Crippen molar-refractivity contribution in [3.63, 3.8) is 0 Å². The molecule has 0 aromatic heterocycles. The van der Waals surface area contributed by atoms with Crippen LogP contribution in [0.15, 0.2) is 60.7 Å². The molecule has 1 aliphatic rings. The Kier molecular flexibility index (Phi) is 20.4. The van der Waals surface area contributed by atoms with Gasteiger partial charge in [0, 0.05) is 12.2 Å². The summed E-state index contributed by atoms with van der Waals surface area (Å²) in [6.45, 7) is 6.55. The van der Waals surface area contributed by atoms with Gasteiger partial charge in [0.05, 0.1) is 0 Å². The van der Waals surface area contributed by atoms with Gasteiger partial charge in [-0.15, -0.1) is 0 Å². The maximum atomic E-state index is 11.9. The number of para-hydroxylation sites is 1. The number of rotatable bonds is 9. The topological polar surface area (TPSA) is 240 Å². The molecule has 1 unspecified atom stereocenters. The van der Waals surface area contributed by atoms with Crippen molar-refractivity contribution >= 4 is 66.6 Å². The molecule has 246 valence electrons. The predicted octanol–water partition coefficient (Wildman–Crippen LogP) is 1.79. The monoisotopic (exact) mass is 654 g/mol. The average molecular weight is 655 g/mol. The van der Waals surface area contributed by atoms with Gasteiger partial charge in [0.2, 0.25) is 0 Å². The number of ether oxygens (including phenoxy) is 2. The molecule has 14 nitrogen and oxygen atoms in total. The third kappa shape index (κ3) is 16.3. The zero-order valence-corrected chi connectivity index (χ0v) is 28.2. The van der Waals surface area contributed by atoms with Crippen LogP contribution in [0.2, 0.25) is 0 Å². The van der Waals surface area contributed by atoms with Gasteiger partial charge in [0.15, 0.2) is 0 Å². The molecule has 1 aliphatic heterocycles. The van der Waals surface area contributed by atoms with Gasteiger partial charge in [-0.2, -0.15) is 0 Å². The number of carbonyl (C=O) groups excluding carboxylic acids is 3. The number of nitrogens with one attached hydrogen (secondary N) is 1. The Morgan fingerprint density at radius 1 is 0.957 bits per heavy atom. The van der Waals surface area contributed by atoms with Crippen LogP contribution in [0.25, 0.3) is 0 Å². The smallest absolute Gasteiger partial charge is 0.339 e. The van der Waals surface area contributed by atoms with Crippen LogP contribution >= 0.6 is 0 Å². The summed E-state index contributed by atoms with van der Waals surface area (Å²) in [6.07, 6.45) is 4.34. The molecule has 2 aromatic rings. The van der Waals surface area contributed by atoms with E-state index < -0.39 is 41.4 Å². The van der Waals surface area contributed by atoms with Crippen LogP contribution in [-0.4, -0.2) is 109 Å². The summed E-state index contributed by atoms with van der Waals surface area (Å²) in [5.41, 5.74) is 5.33. The van der Waals surface area contributed by atoms with Gasteiger partial charge in [0.25, 0.3) is 0 Å². The summed E-state index contributed by atoms with van der Waals surface area (Å²) in [7, 11) is 0. The number of aromatic hydroxyl groups is 1. The quantitative estimate of drug-likeness (QED) is 0.0978. The van der Waals surface area contributed by atoms with Gasteiger partial charge >= 0.3 is 119 Å². The van der Waals surface area contributed by atoms with Crippen LogP contribution in [0.1, 0.15) is 67.2 Å². The van der Waals surface area contributed by atoms with E-state index in [1.54, 1.807) is 18.2 Å². The Morgan fingerprint density at radius 3 is 1.89 bits per heavy atom. The van der Waals surface area contributed by atoms with Gasteiger partial charge in [-0.05, 0) is 44.9 Å². The van der Waals surface area contributed by atoms with Crippen molar-refractivity contribution in [1.29, 1.82) is 0 Å². The van der Waals surface area contributed by atoms with E-state index in [2.05, 4.69) is 5.32 Å². The fourth-order valence-corrected chi connectivity index (χ4v) is 4.38. The molecule has 0 aliphatic carbocycles. The number of hydrogen-bond acceptors (Lipinski definition) is 11. The second kappa shape index (κ2) is 22.4. The minimum Gasteiger partial charge on any atom is -0.507 e. The number of carboxylic acid groups (broad SMARTS) is 3. The zero-order chi connectivity index (χ0) is 35.3. The largest absolute Gasteiger partial charge is 0.507 e. The van der Waals surface area contributed by atoms with Crippen molar-refractivity contribution in [1.82, 2.24) is 5.32 Å². The molecular formula is C31H39N2NaO12. The van der Waals surface area contributed by atoms with Crippen molar-refractivity contribution in [3.05, 3.63) is 71.8 Å². The van der Waals surface area contributed by atoms with Crippen molar-refractivity contribution in [2.45, 2.75) is 58.0 Å². The van der Waals surface area contributed by atoms with Crippen molar-refractivity contribution in [2.24, 2.45) is 5.73 Å². The molecule has 1 heterocycles. The fraction of sp³-hybridized carbons (Fsp3) is 0.355. The number of carbonyl (C=O) groups is 6. The van der Waals surface area contributed by atoms with E-state index in [0.29, 0.717) is 30.7 Å². The van der Waals surface area contributed by atoms with Crippen molar-refractivity contribution in [3.8, 4) is 5.75 Å². The number of aliphatic carboxylic acids is 2. The van der Waals surface area contributed by atoms with Crippen molar-refractivity contribution < 1.29 is 58.7 Å². The number of esters is 3. The molecule has 15 heteroatoms. The van der Waals surface area contributed by atoms with Gasteiger partial charge in [-0.25, -0.2) is 24.0 Å². The van der Waals surface area contributed by atoms with Crippen LogP contribution in [0.4, 0.5) is 0 Å². The predicted molar refractivity (Wildman–Crippen MR) is 167 cm³/mol. The van der Waals surface area contributed by atoms with E-state index in [1.807, 2.05) is 32.0 Å². The van der Waals surface area contributed by atoms with E-state index >= 15 is 0 Å². The molecule has 7 N–H and O–H groups in total. The summed E-state index contributed by atoms with van der Waals surface area (Å²) >= 11 is 0.880. The van der Waals surface area contributed by atoms with E-state index in [-0.39, 0.29) is 17.3 Å². The molecule has 2 aromatic carbocycles. The maximum absolute atomic E-state index is 11.9. The molecule has 2 atom stereocenters. The molecule has 1 saturated heterocycles. The number of hydrogen-bond donors (Lipinski definition) is 6. The Balaban J connectivity index is 0.000000607. The van der Waals surface area contributed by atoms with E-state index in [9.17, 15) is 28.8 Å². The summed E-state index contributed by atoms with van der Waals surface area (Å²) in [4.78, 5) is 63.8. The summed E-state index contributed by atoms with van der Waals surface area (Å²) in [5.74, 6) is -5.17. The van der Waals surface area contributed by atoms with Crippen LogP contribution < -0.4 is 13.9 Å². The normalized spacial score (nSPS) is 15.3. The standard InChI is InChI=1S/C11H20N2O3.C9H9O2.C7H6O3.C4H4O4.Na/c1-3-5-11(6-4-7-13-11)10(15)16-9(14)8(2)12;1-2-11-9(10)8-6-4-3-5-7-8;8-6-4-2-1-3-5(6)7(9)10;5-3(6)1-2-4(7)8;/h8,13H,3-7,12H2,1-2H3;3-6H,2H2,1H3;1-4,8H,(H,9,10);1-2H,(H,5,6)(H,7,8);/t8?,11-;;;;/m0..../s1. The van der Waals surface area contributed by atoms with Crippen molar-refractivity contribution in [2.75, 3.05) is 13.2 Å². The number of carboxylic acids is 3. The van der Waals surface area contributed by atoms with E-state index in [0.717, 1.165) is 56.6 Å². The average Bonchev–Trinajstić information content (AvgIpc) is 3.47. The summed E-state index contributed by atoms with van der Waals surface area (Å²) in [5, 5.41) is 36.1. The van der Waals surface area contributed by atoms with E-state index in [4.69, 9.17) is 35.6 Å². The molecule has 0 saturated carbocycles. The minimum atomic E-state index is -1.26. The molecule has 0 amide bonds. The minimum absolute atomic E-state index is 0.0671. The number of benzene rings is 2. The third-order valence-corrected chi connectivity index (χ3v) is 6.89. The van der Waals surface area contributed by atoms with Gasteiger partial charge in [0.1, 0.15) is 22.9 Å². The fourth-order valence-electron chi connectivity index (χ4n) is 3.81. The van der Waals surface area contributed by atoms with Crippen LogP contribution in [0, 0.1) is 0 Å². The van der Waals surface area contributed by atoms with Crippen LogP contribution in [0.5, 0.6) is 5.75 Å². The second-order valence-corrected chi connectivity index (χ2v) is 10.8. The molecule has 46 heavy (non-hydrogen) atoms. The molecule has 0 spiro atoms. The Hall–Kier alpha value is -4.08. The Labute approximate surface area is 284 Å². The summed E-state index contributed by atoms with van der Waals surface area (Å²) in [6, 6.07) is 12.6. The van der Waals surface area contributed by atoms with Gasteiger partial charge in [-0.1, -0.05) is 25.5 Å². The third-order valence-electron chi connectivity index (χ3n) is 6.02. The summed E-state index contributed by atoms with van der Waals surface area (Å²) < 4.78 is 10.8. The number of nitrogens with two attached hydrogens (primary N) is 1. The second-order valence-electron chi connectivity index (χ2n) is 9.73. The molecule has 0 radical (unpaired) electrons. The van der Waals surface area contributed by atoms with E-state index in [1.165, 1.54) is 19.1 Å². The Morgan fingerprint density at radius 2 is 1.50 bits per heavy atom. The molecule has 3 rings (SSSR count). The maximum Gasteiger partial charge on any atom is 0.339 e. The van der Waals surface area contributed by atoms with Gasteiger partial charge in [-0.3, -0.25) is 0 Å². The van der Waals surface area contributed by atoms with Crippen LogP contribution in [-0.2, 0) is 28.7 Å². The first kappa shape index (κ1) is 41.9. The van der Waals surface area contributed by atoms with Crippen LogP contribution in [0.3, 0.4) is 0 Å². The number of aromatic carboxylic acids is 1. The van der Waals surface area contributed by atoms with Gasteiger partial charge < -0.3 is 36.2 Å². The SMILES string of the molecule is CCC[C@@]1(C(=O)OC(=O)C(C)N)CCCN1.CCOC(=O)c1cccc[c]1[Na].O=C(O)C=CC(=O)O.O=C(O)c1ccccc1O.